The molecule has 5 heteroatoms. The van der Waals surface area contributed by atoms with E-state index < -0.39 is 6.04 Å². The number of para-hydroxylation sites is 2. The third-order valence-corrected chi connectivity index (χ3v) is 3.12. The van der Waals surface area contributed by atoms with Gasteiger partial charge in [-0.1, -0.05) is 12.1 Å². The van der Waals surface area contributed by atoms with Crippen molar-refractivity contribution in [2.24, 2.45) is 5.73 Å². The molecule has 2 amide bonds. The van der Waals surface area contributed by atoms with E-state index in [0.29, 0.717) is 6.54 Å². The molecule has 1 unspecified atom stereocenters. The maximum atomic E-state index is 12.2. The Labute approximate surface area is 106 Å². The van der Waals surface area contributed by atoms with Crippen LogP contribution in [-0.2, 0) is 9.59 Å². The number of amides is 2. The Bertz CT molecular complexity index is 472. The summed E-state index contributed by atoms with van der Waals surface area (Å²) in [7, 11) is 0. The van der Waals surface area contributed by atoms with Gasteiger partial charge in [-0.2, -0.15) is 0 Å². The molecule has 1 aromatic carbocycles. The lowest BCUT2D eigenvalue weighted by Crippen LogP contribution is -2.48. The molecule has 1 atom stereocenters. The molecule has 2 N–H and O–H groups in total. The van der Waals surface area contributed by atoms with Gasteiger partial charge in [0.2, 0.25) is 11.8 Å². The molecule has 0 aromatic heterocycles. The highest BCUT2D eigenvalue weighted by atomic mass is 16.2. The van der Waals surface area contributed by atoms with Crippen LogP contribution in [0.2, 0.25) is 0 Å². The van der Waals surface area contributed by atoms with Crippen molar-refractivity contribution >= 4 is 23.2 Å². The summed E-state index contributed by atoms with van der Waals surface area (Å²) in [4.78, 5) is 27.1. The molecule has 18 heavy (non-hydrogen) atoms. The average molecular weight is 247 g/mol. The maximum Gasteiger partial charge on any atom is 0.245 e. The van der Waals surface area contributed by atoms with Gasteiger partial charge in [-0.05, 0) is 19.1 Å². The Hall–Kier alpha value is -1.88. The highest BCUT2D eigenvalue weighted by molar-refractivity contribution is 6.06. The number of carbonyl (C=O) groups is 2. The number of hydrogen-bond acceptors (Lipinski definition) is 3. The van der Waals surface area contributed by atoms with Crippen LogP contribution in [-0.4, -0.2) is 30.9 Å². The normalized spacial score (nSPS) is 19.5. The molecule has 1 aromatic rings. The lowest BCUT2D eigenvalue weighted by atomic mass is 10.2. The fourth-order valence-electron chi connectivity index (χ4n) is 2.24. The second-order valence-electron chi connectivity index (χ2n) is 4.31. The monoisotopic (exact) mass is 247 g/mol. The van der Waals surface area contributed by atoms with Crippen molar-refractivity contribution in [1.82, 2.24) is 0 Å². The van der Waals surface area contributed by atoms with Gasteiger partial charge in [0.15, 0.2) is 0 Å². The molecule has 0 spiro atoms. The minimum atomic E-state index is -0.679. The molecule has 1 heterocycles. The lowest BCUT2D eigenvalue weighted by molar-refractivity contribution is -0.119. The summed E-state index contributed by atoms with van der Waals surface area (Å²) in [6, 6.07) is 6.70. The number of nitrogens with zero attached hydrogens (tertiary/aromatic N) is 2. The Morgan fingerprint density at radius 3 is 2.56 bits per heavy atom. The van der Waals surface area contributed by atoms with Gasteiger partial charge in [-0.3, -0.25) is 9.59 Å². The first-order valence-electron chi connectivity index (χ1n) is 6.00. The van der Waals surface area contributed by atoms with E-state index in [0.717, 1.165) is 11.4 Å². The highest BCUT2D eigenvalue weighted by Crippen LogP contribution is 2.32. The van der Waals surface area contributed by atoms with Crippen LogP contribution in [0, 0.1) is 0 Å². The van der Waals surface area contributed by atoms with Gasteiger partial charge >= 0.3 is 0 Å². The molecule has 0 fully saturated rings. The second kappa shape index (κ2) is 4.78. The predicted octanol–water partition coefficient (Wildman–Crippen LogP) is 0.733. The molecule has 0 bridgehead atoms. The smallest absolute Gasteiger partial charge is 0.245 e. The Balaban J connectivity index is 2.58. The van der Waals surface area contributed by atoms with Gasteiger partial charge in [0, 0.05) is 13.5 Å². The average Bonchev–Trinajstić information content (AvgIpc) is 2.46. The van der Waals surface area contributed by atoms with Gasteiger partial charge in [-0.15, -0.1) is 0 Å². The number of benzene rings is 1. The van der Waals surface area contributed by atoms with E-state index in [1.165, 1.54) is 6.92 Å². The molecule has 5 nitrogen and oxygen atoms in total. The number of rotatable bonds is 1. The number of hydrogen-bond donors (Lipinski definition) is 1. The third kappa shape index (κ3) is 1.97. The minimum absolute atomic E-state index is 0.108. The second-order valence-corrected chi connectivity index (χ2v) is 4.31. The van der Waals surface area contributed by atoms with Gasteiger partial charge in [0.1, 0.15) is 6.04 Å². The van der Waals surface area contributed by atoms with Crippen molar-refractivity contribution in [3.63, 3.8) is 0 Å². The van der Waals surface area contributed by atoms with Crippen molar-refractivity contribution in [2.75, 3.05) is 22.9 Å². The third-order valence-electron chi connectivity index (χ3n) is 3.12. The summed E-state index contributed by atoms with van der Waals surface area (Å²) in [6.07, 6.45) is 0. The van der Waals surface area contributed by atoms with Crippen LogP contribution in [0.15, 0.2) is 24.3 Å². The van der Waals surface area contributed by atoms with Gasteiger partial charge in [0.05, 0.1) is 17.9 Å². The lowest BCUT2D eigenvalue weighted by Gasteiger charge is -2.23. The van der Waals surface area contributed by atoms with Crippen LogP contribution in [0.25, 0.3) is 0 Å². The molecule has 2 rings (SSSR count). The molecule has 0 aliphatic carbocycles. The zero-order chi connectivity index (χ0) is 13.3. The van der Waals surface area contributed by atoms with Crippen LogP contribution >= 0.6 is 0 Å². The van der Waals surface area contributed by atoms with Crippen molar-refractivity contribution in [2.45, 2.75) is 19.9 Å². The van der Waals surface area contributed by atoms with Crippen molar-refractivity contribution < 1.29 is 9.59 Å². The standard InChI is InChI=1S/C13H17N3O2/c1-3-15-11-6-4-5-7-12(11)16(9(2)17)8-10(14)13(15)18/h4-7,10H,3,8,14H2,1-2H3. The number of likely N-dealkylation sites (N-methyl/N-ethyl adjacent to an activating group) is 1. The number of nitrogens with two attached hydrogens (primary N) is 1. The van der Waals surface area contributed by atoms with Crippen molar-refractivity contribution in [1.29, 1.82) is 0 Å². The first-order chi connectivity index (χ1) is 8.56. The first-order valence-corrected chi connectivity index (χ1v) is 6.00. The zero-order valence-electron chi connectivity index (χ0n) is 10.6. The number of anilines is 2. The van der Waals surface area contributed by atoms with E-state index in [1.54, 1.807) is 9.80 Å². The Kier molecular flexibility index (Phi) is 3.34. The van der Waals surface area contributed by atoms with E-state index in [9.17, 15) is 9.59 Å². The zero-order valence-corrected chi connectivity index (χ0v) is 10.6. The summed E-state index contributed by atoms with van der Waals surface area (Å²) in [5, 5.41) is 0. The van der Waals surface area contributed by atoms with E-state index in [-0.39, 0.29) is 18.4 Å². The number of fused-ring (bicyclic) bond motifs is 1. The summed E-state index contributed by atoms with van der Waals surface area (Å²) in [5.74, 6) is -0.252. The van der Waals surface area contributed by atoms with Crippen molar-refractivity contribution in [3.8, 4) is 0 Å². The SMILES string of the molecule is CCN1C(=O)C(N)CN(C(C)=O)c2ccccc21. The van der Waals surface area contributed by atoms with Gasteiger partial charge in [0.25, 0.3) is 0 Å². The fraction of sp³-hybridized carbons (Fsp3) is 0.385. The summed E-state index contributed by atoms with van der Waals surface area (Å²) in [6.45, 7) is 4.14. The van der Waals surface area contributed by atoms with Crippen molar-refractivity contribution in [3.05, 3.63) is 24.3 Å². The molecule has 0 saturated carbocycles. The topological polar surface area (TPSA) is 66.6 Å². The molecule has 1 aliphatic heterocycles. The molecule has 0 saturated heterocycles. The Morgan fingerprint density at radius 2 is 2.00 bits per heavy atom. The minimum Gasteiger partial charge on any atom is -0.318 e. The van der Waals surface area contributed by atoms with E-state index in [2.05, 4.69) is 0 Å². The maximum absolute atomic E-state index is 12.2. The molecule has 0 radical (unpaired) electrons. The van der Waals surface area contributed by atoms with E-state index in [1.807, 2.05) is 31.2 Å². The van der Waals surface area contributed by atoms with Crippen LogP contribution < -0.4 is 15.5 Å². The van der Waals surface area contributed by atoms with Crippen LogP contribution in [0.4, 0.5) is 11.4 Å². The largest absolute Gasteiger partial charge is 0.318 e. The quantitative estimate of drug-likeness (QED) is 0.795. The van der Waals surface area contributed by atoms with Crippen LogP contribution in [0.1, 0.15) is 13.8 Å². The molecular formula is C13H17N3O2. The van der Waals surface area contributed by atoms with Gasteiger partial charge < -0.3 is 15.5 Å². The molecule has 1 aliphatic rings. The number of carbonyl (C=O) groups excluding carboxylic acids is 2. The molecular weight excluding hydrogens is 230 g/mol. The highest BCUT2D eigenvalue weighted by Gasteiger charge is 2.31. The fourth-order valence-corrected chi connectivity index (χ4v) is 2.24. The summed E-state index contributed by atoms with van der Waals surface area (Å²) < 4.78 is 0. The summed E-state index contributed by atoms with van der Waals surface area (Å²) >= 11 is 0. The van der Waals surface area contributed by atoms with Crippen LogP contribution in [0.3, 0.4) is 0 Å². The Morgan fingerprint density at radius 1 is 1.39 bits per heavy atom. The summed E-state index contributed by atoms with van der Waals surface area (Å²) in [5.41, 5.74) is 7.35. The van der Waals surface area contributed by atoms with Crippen LogP contribution in [0.5, 0.6) is 0 Å². The van der Waals surface area contributed by atoms with E-state index in [4.69, 9.17) is 5.73 Å². The first kappa shape index (κ1) is 12.6. The van der Waals surface area contributed by atoms with E-state index >= 15 is 0 Å². The van der Waals surface area contributed by atoms with Gasteiger partial charge in [-0.25, -0.2) is 0 Å². The predicted molar refractivity (Wildman–Crippen MR) is 70.5 cm³/mol. The molecule has 96 valence electrons.